The van der Waals surface area contributed by atoms with Gasteiger partial charge < -0.3 is 24.8 Å². The number of para-hydroxylation sites is 1. The van der Waals surface area contributed by atoms with Gasteiger partial charge in [-0.05, 0) is 48.4 Å². The lowest BCUT2D eigenvalue weighted by atomic mass is 9.89. The lowest BCUT2D eigenvalue weighted by molar-refractivity contribution is -0.134. The molecule has 2 heterocycles. The first-order chi connectivity index (χ1) is 16.4. The number of cyclic esters (lactones) is 1. The molecule has 2 aliphatic rings. The predicted octanol–water partition coefficient (Wildman–Crippen LogP) is 3.46. The number of rotatable bonds is 5. The van der Waals surface area contributed by atoms with Gasteiger partial charge in [0.15, 0.2) is 17.1 Å². The van der Waals surface area contributed by atoms with Crippen LogP contribution in [0.1, 0.15) is 38.8 Å². The average Bonchev–Trinajstić information content (AvgIpc) is 3.31. The molecule has 3 aromatic rings. The van der Waals surface area contributed by atoms with E-state index in [0.29, 0.717) is 28.3 Å². The number of benzene rings is 3. The van der Waals surface area contributed by atoms with Crippen LogP contribution in [0.2, 0.25) is 0 Å². The highest BCUT2D eigenvalue weighted by Gasteiger charge is 2.42. The topological polar surface area (TPSA) is 103 Å². The summed E-state index contributed by atoms with van der Waals surface area (Å²) >= 11 is 0. The molecule has 0 bridgehead atoms. The molecule has 0 saturated carbocycles. The fourth-order valence-electron chi connectivity index (χ4n) is 4.03. The maximum Gasteiger partial charge on any atom is 0.339 e. The molecule has 1 unspecified atom stereocenters. The third-order valence-corrected chi connectivity index (χ3v) is 5.87. The molecule has 2 aliphatic heterocycles. The van der Waals surface area contributed by atoms with Crippen molar-refractivity contribution in [1.29, 1.82) is 0 Å². The van der Waals surface area contributed by atoms with Crippen LogP contribution in [0.25, 0.3) is 0 Å². The van der Waals surface area contributed by atoms with Crippen LogP contribution in [0.15, 0.2) is 66.7 Å². The molecule has 5 rings (SSSR count). The molecule has 0 spiro atoms. The van der Waals surface area contributed by atoms with Crippen LogP contribution in [0.5, 0.6) is 11.5 Å². The van der Waals surface area contributed by atoms with Crippen LogP contribution in [0.3, 0.4) is 0 Å². The number of esters is 1. The first-order valence-corrected chi connectivity index (χ1v) is 10.8. The Morgan fingerprint density at radius 1 is 0.971 bits per heavy atom. The van der Waals surface area contributed by atoms with Crippen LogP contribution in [0.4, 0.5) is 5.69 Å². The van der Waals surface area contributed by atoms with Crippen molar-refractivity contribution >= 4 is 23.5 Å². The second-order valence-corrected chi connectivity index (χ2v) is 8.32. The Morgan fingerprint density at radius 3 is 2.62 bits per heavy atom. The number of nitrogens with one attached hydrogen (secondary N) is 2. The lowest BCUT2D eigenvalue weighted by Crippen LogP contribution is -2.49. The summed E-state index contributed by atoms with van der Waals surface area (Å²) in [5.74, 6) is -0.107. The van der Waals surface area contributed by atoms with E-state index in [1.807, 2.05) is 18.2 Å². The van der Waals surface area contributed by atoms with E-state index in [1.54, 1.807) is 55.5 Å². The SMILES string of the molecule is CC1(C(=O)Nc2ccccc2C(=O)NCc2ccc3c(c2)OCO3)Cc2ccccc2C(=O)O1. The molecule has 172 valence electrons. The Balaban J connectivity index is 1.29. The maximum atomic E-state index is 13.2. The minimum Gasteiger partial charge on any atom is -0.454 e. The molecule has 1 atom stereocenters. The van der Waals surface area contributed by atoms with Crippen molar-refractivity contribution in [2.75, 3.05) is 12.1 Å². The van der Waals surface area contributed by atoms with Gasteiger partial charge in [-0.1, -0.05) is 36.4 Å². The van der Waals surface area contributed by atoms with E-state index in [9.17, 15) is 14.4 Å². The summed E-state index contributed by atoms with van der Waals surface area (Å²) < 4.78 is 16.2. The normalized spacial score (nSPS) is 18.0. The van der Waals surface area contributed by atoms with E-state index < -0.39 is 17.5 Å². The Bertz CT molecular complexity index is 1300. The van der Waals surface area contributed by atoms with Crippen LogP contribution in [-0.2, 0) is 22.5 Å². The summed E-state index contributed by atoms with van der Waals surface area (Å²) in [4.78, 5) is 38.5. The van der Waals surface area contributed by atoms with Crippen LogP contribution >= 0.6 is 0 Å². The van der Waals surface area contributed by atoms with Crippen LogP contribution < -0.4 is 20.1 Å². The molecule has 0 aliphatic carbocycles. The van der Waals surface area contributed by atoms with Gasteiger partial charge in [0.05, 0.1) is 16.8 Å². The van der Waals surface area contributed by atoms with Gasteiger partial charge in [-0.2, -0.15) is 0 Å². The highest BCUT2D eigenvalue weighted by Crippen LogP contribution is 2.33. The summed E-state index contributed by atoms with van der Waals surface area (Å²) in [6, 6.07) is 19.2. The van der Waals surface area contributed by atoms with Crippen LogP contribution in [-0.4, -0.2) is 30.2 Å². The predicted molar refractivity (Wildman–Crippen MR) is 123 cm³/mol. The minimum absolute atomic E-state index is 0.179. The van der Waals surface area contributed by atoms with Gasteiger partial charge in [-0.25, -0.2) is 4.79 Å². The summed E-state index contributed by atoms with van der Waals surface area (Å²) in [5, 5.41) is 5.63. The molecule has 0 aromatic heterocycles. The van der Waals surface area contributed by atoms with E-state index in [2.05, 4.69) is 10.6 Å². The molecule has 8 nitrogen and oxygen atoms in total. The van der Waals surface area contributed by atoms with Crippen molar-refractivity contribution in [1.82, 2.24) is 5.32 Å². The summed E-state index contributed by atoms with van der Waals surface area (Å²) in [6.45, 7) is 2.01. The van der Waals surface area contributed by atoms with Gasteiger partial charge in [0.25, 0.3) is 11.8 Å². The second kappa shape index (κ2) is 8.55. The van der Waals surface area contributed by atoms with Crippen molar-refractivity contribution in [3.05, 3.63) is 89.0 Å². The van der Waals surface area contributed by atoms with Crippen LogP contribution in [0, 0.1) is 0 Å². The zero-order valence-corrected chi connectivity index (χ0v) is 18.4. The van der Waals surface area contributed by atoms with E-state index in [0.717, 1.165) is 11.1 Å². The number of carbonyl (C=O) groups is 3. The van der Waals surface area contributed by atoms with Gasteiger partial charge in [0.1, 0.15) is 0 Å². The summed E-state index contributed by atoms with van der Waals surface area (Å²) in [6.07, 6.45) is 0.235. The number of amides is 2. The molecular formula is C26H22N2O6. The van der Waals surface area contributed by atoms with Gasteiger partial charge >= 0.3 is 5.97 Å². The summed E-state index contributed by atoms with van der Waals surface area (Å²) in [5.41, 5.74) is 1.26. The molecule has 34 heavy (non-hydrogen) atoms. The standard InChI is InChI=1S/C26H22N2O6/c1-26(13-17-6-2-3-7-18(17)24(30)34-26)25(31)28-20-9-5-4-8-19(20)23(29)27-14-16-10-11-21-22(12-16)33-15-32-21/h2-12H,13-15H2,1H3,(H,27,29)(H,28,31). The molecule has 2 N–H and O–H groups in total. The average molecular weight is 458 g/mol. The molecule has 0 saturated heterocycles. The molecule has 2 amide bonds. The Kier molecular flexibility index (Phi) is 5.41. The first kappa shape index (κ1) is 21.5. The summed E-state index contributed by atoms with van der Waals surface area (Å²) in [7, 11) is 0. The molecule has 3 aromatic carbocycles. The quantitative estimate of drug-likeness (QED) is 0.568. The highest BCUT2D eigenvalue weighted by atomic mass is 16.7. The second-order valence-electron chi connectivity index (χ2n) is 8.32. The van der Waals surface area contributed by atoms with Gasteiger partial charge in [-0.15, -0.1) is 0 Å². The van der Waals surface area contributed by atoms with Gasteiger partial charge in [0.2, 0.25) is 6.79 Å². The van der Waals surface area contributed by atoms with Crippen molar-refractivity contribution in [2.24, 2.45) is 0 Å². The monoisotopic (exact) mass is 458 g/mol. The van der Waals surface area contributed by atoms with E-state index in [-0.39, 0.29) is 25.7 Å². The number of anilines is 1. The van der Waals surface area contributed by atoms with E-state index in [4.69, 9.17) is 14.2 Å². The Morgan fingerprint density at radius 2 is 1.74 bits per heavy atom. The highest BCUT2D eigenvalue weighted by molar-refractivity contribution is 6.07. The number of hydrogen-bond acceptors (Lipinski definition) is 6. The largest absolute Gasteiger partial charge is 0.454 e. The zero-order chi connectivity index (χ0) is 23.7. The Hall–Kier alpha value is -4.33. The number of fused-ring (bicyclic) bond motifs is 2. The first-order valence-electron chi connectivity index (χ1n) is 10.8. The fourth-order valence-corrected chi connectivity index (χ4v) is 4.03. The Labute approximate surface area is 195 Å². The molecule has 8 heteroatoms. The fraction of sp³-hybridized carbons (Fsp3) is 0.192. The lowest BCUT2D eigenvalue weighted by Gasteiger charge is -2.33. The molecule has 0 radical (unpaired) electrons. The molecular weight excluding hydrogens is 436 g/mol. The third-order valence-electron chi connectivity index (χ3n) is 5.87. The van der Waals surface area contributed by atoms with Gasteiger partial charge in [0, 0.05) is 13.0 Å². The van der Waals surface area contributed by atoms with Crippen molar-refractivity contribution in [3.63, 3.8) is 0 Å². The van der Waals surface area contributed by atoms with E-state index in [1.165, 1.54) is 0 Å². The number of hydrogen-bond donors (Lipinski definition) is 2. The molecule has 0 fully saturated rings. The minimum atomic E-state index is -1.40. The third kappa shape index (κ3) is 4.05. The van der Waals surface area contributed by atoms with Crippen molar-refractivity contribution in [3.8, 4) is 11.5 Å². The smallest absolute Gasteiger partial charge is 0.339 e. The van der Waals surface area contributed by atoms with E-state index >= 15 is 0 Å². The number of carbonyl (C=O) groups excluding carboxylic acids is 3. The van der Waals surface area contributed by atoms with Crippen molar-refractivity contribution < 1.29 is 28.6 Å². The van der Waals surface area contributed by atoms with Gasteiger partial charge in [-0.3, -0.25) is 9.59 Å². The number of ether oxygens (including phenoxy) is 3. The maximum absolute atomic E-state index is 13.2. The zero-order valence-electron chi connectivity index (χ0n) is 18.4. The van der Waals surface area contributed by atoms with Crippen molar-refractivity contribution in [2.45, 2.75) is 25.5 Å².